The monoisotopic (exact) mass is 254 g/mol. The van der Waals surface area contributed by atoms with Crippen LogP contribution in [0.5, 0.6) is 0 Å². The summed E-state index contributed by atoms with van der Waals surface area (Å²) < 4.78 is 5.49. The molecule has 0 fully saturated rings. The van der Waals surface area contributed by atoms with Gasteiger partial charge in [0, 0.05) is 18.2 Å². The number of nitrogens with one attached hydrogen (secondary N) is 1. The molecular formula is C15H14N2O2. The van der Waals surface area contributed by atoms with Gasteiger partial charge in [-0.05, 0) is 6.07 Å². The van der Waals surface area contributed by atoms with Gasteiger partial charge in [0.2, 0.25) is 5.60 Å². The topological polar surface area (TPSA) is 65.3 Å². The minimum absolute atomic E-state index is 0.440. The maximum atomic E-state index is 9.62. The van der Waals surface area contributed by atoms with E-state index in [0.717, 1.165) is 0 Å². The Morgan fingerprint density at radius 3 is 2.32 bits per heavy atom. The Hall–Kier alpha value is -2.35. The Morgan fingerprint density at radius 1 is 1.11 bits per heavy atom. The summed E-state index contributed by atoms with van der Waals surface area (Å²) >= 11 is 0. The molecule has 0 amide bonds. The fourth-order valence-corrected chi connectivity index (χ4v) is 2.11. The molecule has 1 atom stereocenters. The van der Waals surface area contributed by atoms with E-state index in [0.29, 0.717) is 16.8 Å². The van der Waals surface area contributed by atoms with Gasteiger partial charge in [0.25, 0.3) is 0 Å². The van der Waals surface area contributed by atoms with Crippen LogP contribution in [-0.4, -0.2) is 12.3 Å². The van der Waals surface area contributed by atoms with Crippen LogP contribution in [0.1, 0.15) is 11.1 Å². The van der Waals surface area contributed by atoms with Crippen LogP contribution in [0.3, 0.4) is 0 Å². The van der Waals surface area contributed by atoms with E-state index in [2.05, 4.69) is 11.5 Å². The molecule has 0 heterocycles. The third kappa shape index (κ3) is 2.17. The van der Waals surface area contributed by atoms with Crippen LogP contribution in [0, 0.1) is 11.3 Å². The molecule has 0 saturated heterocycles. The standard InChI is InChI=1S/C15H14N2O2/c1-19-15(11-16,12-7-3-2-4-8-12)13-9-5-6-10-14(13)17-18/h2-10,17-18H,1H3. The summed E-state index contributed by atoms with van der Waals surface area (Å²) in [6.45, 7) is 0. The lowest BCUT2D eigenvalue weighted by atomic mass is 9.86. The molecule has 0 aliphatic rings. The molecule has 0 saturated carbocycles. The van der Waals surface area contributed by atoms with Crippen LogP contribution in [0.25, 0.3) is 0 Å². The number of hydrogen-bond acceptors (Lipinski definition) is 4. The zero-order chi connectivity index (χ0) is 13.7. The molecule has 2 aromatic rings. The molecule has 1 unspecified atom stereocenters. The van der Waals surface area contributed by atoms with Gasteiger partial charge in [-0.25, -0.2) is 0 Å². The van der Waals surface area contributed by atoms with Gasteiger partial charge in [-0.15, -0.1) is 0 Å². The number of benzene rings is 2. The van der Waals surface area contributed by atoms with Crippen LogP contribution >= 0.6 is 0 Å². The highest BCUT2D eigenvalue weighted by Gasteiger charge is 2.36. The Kier molecular flexibility index (Phi) is 3.81. The number of rotatable bonds is 4. The average molecular weight is 254 g/mol. The van der Waals surface area contributed by atoms with E-state index in [4.69, 9.17) is 4.74 Å². The van der Waals surface area contributed by atoms with Gasteiger partial charge in [0.05, 0.1) is 5.69 Å². The first kappa shape index (κ1) is 13.1. The SMILES string of the molecule is COC(C#N)(c1ccccc1)c1ccccc1NO. The van der Waals surface area contributed by atoms with Gasteiger partial charge >= 0.3 is 0 Å². The average Bonchev–Trinajstić information content (AvgIpc) is 2.51. The molecule has 2 aromatic carbocycles. The highest BCUT2D eigenvalue weighted by Crippen LogP contribution is 2.36. The Bertz CT molecular complexity index is 593. The zero-order valence-electron chi connectivity index (χ0n) is 10.5. The van der Waals surface area contributed by atoms with Crippen LogP contribution in [0.15, 0.2) is 54.6 Å². The normalized spacial score (nSPS) is 13.3. The van der Waals surface area contributed by atoms with E-state index in [1.165, 1.54) is 7.11 Å². The van der Waals surface area contributed by atoms with Crippen molar-refractivity contribution in [1.82, 2.24) is 0 Å². The molecule has 0 aliphatic carbocycles. The van der Waals surface area contributed by atoms with Crippen molar-refractivity contribution >= 4 is 5.69 Å². The molecule has 96 valence electrons. The summed E-state index contributed by atoms with van der Waals surface area (Å²) in [5, 5.41) is 18.8. The number of nitrogens with zero attached hydrogens (tertiary/aromatic N) is 1. The molecule has 2 N–H and O–H groups in total. The van der Waals surface area contributed by atoms with Crippen LogP contribution < -0.4 is 5.48 Å². The third-order valence-corrected chi connectivity index (χ3v) is 3.07. The van der Waals surface area contributed by atoms with Crippen LogP contribution in [-0.2, 0) is 10.3 Å². The van der Waals surface area contributed by atoms with Crippen molar-refractivity contribution in [2.24, 2.45) is 0 Å². The number of anilines is 1. The fourth-order valence-electron chi connectivity index (χ4n) is 2.11. The molecule has 0 aromatic heterocycles. The van der Waals surface area contributed by atoms with Crippen LogP contribution in [0.4, 0.5) is 5.69 Å². The number of methoxy groups -OCH3 is 1. The predicted octanol–water partition coefficient (Wildman–Crippen LogP) is 2.90. The van der Waals surface area contributed by atoms with E-state index >= 15 is 0 Å². The van der Waals surface area contributed by atoms with Gasteiger partial charge in [0.15, 0.2) is 0 Å². The summed E-state index contributed by atoms with van der Waals surface area (Å²) in [7, 11) is 1.48. The second-order valence-electron chi connectivity index (χ2n) is 4.02. The van der Waals surface area contributed by atoms with E-state index in [9.17, 15) is 10.5 Å². The molecule has 0 aliphatic heterocycles. The van der Waals surface area contributed by atoms with E-state index < -0.39 is 5.60 Å². The lowest BCUT2D eigenvalue weighted by Gasteiger charge is -2.27. The summed E-state index contributed by atoms with van der Waals surface area (Å²) in [6.07, 6.45) is 0. The van der Waals surface area contributed by atoms with Crippen molar-refractivity contribution in [3.05, 3.63) is 65.7 Å². The second-order valence-corrected chi connectivity index (χ2v) is 4.02. The van der Waals surface area contributed by atoms with E-state index in [1.54, 1.807) is 24.3 Å². The minimum Gasteiger partial charge on any atom is -0.355 e. The van der Waals surface area contributed by atoms with Crippen molar-refractivity contribution < 1.29 is 9.94 Å². The van der Waals surface area contributed by atoms with Gasteiger partial charge in [-0.3, -0.25) is 10.7 Å². The first-order valence-electron chi connectivity index (χ1n) is 5.80. The minimum atomic E-state index is -1.26. The Labute approximate surface area is 111 Å². The fraction of sp³-hybridized carbons (Fsp3) is 0.133. The smallest absolute Gasteiger partial charge is 0.207 e. The maximum Gasteiger partial charge on any atom is 0.207 e. The van der Waals surface area contributed by atoms with Crippen molar-refractivity contribution in [2.45, 2.75) is 5.60 Å². The van der Waals surface area contributed by atoms with Crippen molar-refractivity contribution in [3.63, 3.8) is 0 Å². The van der Waals surface area contributed by atoms with Gasteiger partial charge in [-0.2, -0.15) is 5.26 Å². The molecule has 4 heteroatoms. The van der Waals surface area contributed by atoms with Crippen molar-refractivity contribution in [2.75, 3.05) is 12.6 Å². The highest BCUT2D eigenvalue weighted by molar-refractivity contribution is 5.58. The largest absolute Gasteiger partial charge is 0.355 e. The summed E-state index contributed by atoms with van der Waals surface area (Å²) in [5.74, 6) is 0. The van der Waals surface area contributed by atoms with Gasteiger partial charge < -0.3 is 4.74 Å². The number of hydrogen-bond donors (Lipinski definition) is 2. The van der Waals surface area contributed by atoms with Gasteiger partial charge in [-0.1, -0.05) is 48.5 Å². The molecule has 0 bridgehead atoms. The van der Waals surface area contributed by atoms with E-state index in [1.807, 2.05) is 30.3 Å². The molecule has 19 heavy (non-hydrogen) atoms. The Balaban J connectivity index is 2.67. The zero-order valence-corrected chi connectivity index (χ0v) is 10.5. The summed E-state index contributed by atoms with van der Waals surface area (Å²) in [4.78, 5) is 0. The maximum absolute atomic E-state index is 9.62. The second kappa shape index (κ2) is 5.53. The summed E-state index contributed by atoms with van der Waals surface area (Å²) in [5.41, 5.74) is 2.57. The van der Waals surface area contributed by atoms with Gasteiger partial charge in [0.1, 0.15) is 6.07 Å². The lowest BCUT2D eigenvalue weighted by molar-refractivity contribution is 0.0725. The molecule has 0 spiro atoms. The van der Waals surface area contributed by atoms with Crippen molar-refractivity contribution in [3.8, 4) is 6.07 Å². The molecule has 4 nitrogen and oxygen atoms in total. The summed E-state index contributed by atoms with van der Waals surface area (Å²) in [6, 6.07) is 18.4. The molecular weight excluding hydrogens is 240 g/mol. The van der Waals surface area contributed by atoms with E-state index in [-0.39, 0.29) is 0 Å². The molecule has 0 radical (unpaired) electrons. The first-order chi connectivity index (χ1) is 9.28. The quantitative estimate of drug-likeness (QED) is 0.823. The highest BCUT2D eigenvalue weighted by atomic mass is 16.5. The number of para-hydroxylation sites is 1. The Morgan fingerprint density at radius 2 is 1.74 bits per heavy atom. The predicted molar refractivity (Wildman–Crippen MR) is 71.7 cm³/mol. The lowest BCUT2D eigenvalue weighted by Crippen LogP contribution is -2.29. The third-order valence-electron chi connectivity index (χ3n) is 3.07. The number of ether oxygens (including phenoxy) is 1. The first-order valence-corrected chi connectivity index (χ1v) is 5.80. The number of nitriles is 1. The van der Waals surface area contributed by atoms with Crippen LogP contribution in [0.2, 0.25) is 0 Å². The molecule has 2 rings (SSSR count). The van der Waals surface area contributed by atoms with Crippen molar-refractivity contribution in [1.29, 1.82) is 5.26 Å².